The maximum Gasteiger partial charge on any atom is 0.407 e. The van der Waals surface area contributed by atoms with E-state index in [0.717, 1.165) is 16.9 Å². The zero-order valence-electron chi connectivity index (χ0n) is 17.2. The molecule has 2 aromatic rings. The maximum absolute atomic E-state index is 12.1. The molecule has 1 atom stereocenters. The van der Waals surface area contributed by atoms with Crippen LogP contribution in [-0.2, 0) is 22.6 Å². The van der Waals surface area contributed by atoms with E-state index in [1.54, 1.807) is 20.8 Å². The summed E-state index contributed by atoms with van der Waals surface area (Å²) in [5.74, 6) is -0.148. The van der Waals surface area contributed by atoms with E-state index >= 15 is 0 Å². The second-order valence-corrected chi connectivity index (χ2v) is 7.90. The minimum absolute atomic E-state index is 0.0290. The highest BCUT2D eigenvalue weighted by Gasteiger charge is 2.20. The standard InChI is InChI=1S/C23H29NO5/c1-23(2,3)29-22(27)24-19(11-14-21(25)26)15-17-9-12-20(13-10-17)28-16-18-7-5-4-6-8-18/h4-10,12-13,19H,11,14-16H2,1-3H3,(H,24,27)(H,25,26)/t19-/m1/s1. The maximum atomic E-state index is 12.1. The number of carbonyl (C=O) groups excluding carboxylic acids is 1. The quantitative estimate of drug-likeness (QED) is 0.645. The fraction of sp³-hybridized carbons (Fsp3) is 0.391. The summed E-state index contributed by atoms with van der Waals surface area (Å²) in [7, 11) is 0. The second-order valence-electron chi connectivity index (χ2n) is 7.90. The van der Waals surface area contributed by atoms with Crippen molar-refractivity contribution >= 4 is 12.1 Å². The Bertz CT molecular complexity index is 781. The van der Waals surface area contributed by atoms with Gasteiger partial charge in [0.1, 0.15) is 18.0 Å². The molecule has 0 saturated heterocycles. The molecule has 156 valence electrons. The number of nitrogens with one attached hydrogen (secondary N) is 1. The smallest absolute Gasteiger partial charge is 0.407 e. The Morgan fingerprint density at radius 1 is 1.00 bits per heavy atom. The number of hydrogen-bond acceptors (Lipinski definition) is 4. The lowest BCUT2D eigenvalue weighted by molar-refractivity contribution is -0.137. The van der Waals surface area contributed by atoms with Crippen molar-refractivity contribution in [1.29, 1.82) is 0 Å². The average molecular weight is 399 g/mol. The van der Waals surface area contributed by atoms with Crippen molar-refractivity contribution in [2.45, 2.75) is 58.3 Å². The number of ether oxygens (including phenoxy) is 2. The lowest BCUT2D eigenvalue weighted by Gasteiger charge is -2.23. The molecule has 6 nitrogen and oxygen atoms in total. The largest absolute Gasteiger partial charge is 0.489 e. The third-order valence-corrected chi connectivity index (χ3v) is 4.08. The number of alkyl carbamates (subject to hydrolysis) is 1. The fourth-order valence-electron chi connectivity index (χ4n) is 2.74. The number of carboxylic acids is 1. The number of rotatable bonds is 9. The van der Waals surface area contributed by atoms with Crippen LogP contribution in [0.15, 0.2) is 54.6 Å². The highest BCUT2D eigenvalue weighted by Crippen LogP contribution is 2.17. The van der Waals surface area contributed by atoms with Crippen LogP contribution in [0, 0.1) is 0 Å². The van der Waals surface area contributed by atoms with Crippen molar-refractivity contribution in [1.82, 2.24) is 5.32 Å². The third-order valence-electron chi connectivity index (χ3n) is 4.08. The van der Waals surface area contributed by atoms with Crippen molar-refractivity contribution in [3.63, 3.8) is 0 Å². The van der Waals surface area contributed by atoms with Gasteiger partial charge in [-0.25, -0.2) is 4.79 Å². The molecule has 0 aromatic heterocycles. The first-order valence-corrected chi connectivity index (χ1v) is 9.68. The van der Waals surface area contributed by atoms with E-state index in [1.165, 1.54) is 0 Å². The van der Waals surface area contributed by atoms with Crippen molar-refractivity contribution < 1.29 is 24.2 Å². The Kier molecular flexibility index (Phi) is 8.07. The van der Waals surface area contributed by atoms with Gasteiger partial charge in [0.2, 0.25) is 0 Å². The highest BCUT2D eigenvalue weighted by molar-refractivity contribution is 5.69. The SMILES string of the molecule is CC(C)(C)OC(=O)N[C@H](CCC(=O)O)Cc1ccc(OCc2ccccc2)cc1. The molecule has 1 amide bonds. The average Bonchev–Trinajstić information content (AvgIpc) is 2.65. The first-order valence-electron chi connectivity index (χ1n) is 9.68. The van der Waals surface area contributed by atoms with Crippen LogP contribution in [0.2, 0.25) is 0 Å². The molecule has 2 N–H and O–H groups in total. The van der Waals surface area contributed by atoms with Gasteiger partial charge in [-0.2, -0.15) is 0 Å². The van der Waals surface area contributed by atoms with E-state index in [-0.39, 0.29) is 12.5 Å². The number of hydrogen-bond donors (Lipinski definition) is 2. The van der Waals surface area contributed by atoms with Gasteiger partial charge in [-0.1, -0.05) is 42.5 Å². The first-order chi connectivity index (χ1) is 13.7. The van der Waals surface area contributed by atoms with Crippen LogP contribution in [0.3, 0.4) is 0 Å². The van der Waals surface area contributed by atoms with E-state index in [9.17, 15) is 9.59 Å². The molecule has 2 aromatic carbocycles. The van der Waals surface area contributed by atoms with Crippen molar-refractivity contribution in [2.24, 2.45) is 0 Å². The normalized spacial score (nSPS) is 12.1. The van der Waals surface area contributed by atoms with Gasteiger partial charge in [0, 0.05) is 12.5 Å². The first kappa shape index (κ1) is 22.3. The Balaban J connectivity index is 1.94. The summed E-state index contributed by atoms with van der Waals surface area (Å²) in [5, 5.41) is 11.8. The van der Waals surface area contributed by atoms with Gasteiger partial charge in [-0.05, 0) is 56.9 Å². The summed E-state index contributed by atoms with van der Waals surface area (Å²) in [6.07, 6.45) is 0.251. The molecule has 0 bridgehead atoms. The summed E-state index contributed by atoms with van der Waals surface area (Å²) >= 11 is 0. The Morgan fingerprint density at radius 2 is 1.66 bits per heavy atom. The van der Waals surface area contributed by atoms with Gasteiger partial charge >= 0.3 is 12.1 Å². The Hall–Kier alpha value is -3.02. The molecular weight excluding hydrogens is 370 g/mol. The number of carboxylic acid groups (broad SMARTS) is 1. The minimum Gasteiger partial charge on any atom is -0.489 e. The van der Waals surface area contributed by atoms with Crippen LogP contribution in [0.5, 0.6) is 5.75 Å². The topological polar surface area (TPSA) is 84.9 Å². The summed E-state index contributed by atoms with van der Waals surface area (Å²) in [6, 6.07) is 17.2. The molecule has 0 unspecified atom stereocenters. The zero-order valence-corrected chi connectivity index (χ0v) is 17.2. The molecule has 0 radical (unpaired) electrons. The molecule has 0 saturated carbocycles. The molecule has 0 aliphatic carbocycles. The summed E-state index contributed by atoms with van der Waals surface area (Å²) in [5.41, 5.74) is 1.45. The molecular formula is C23H29NO5. The van der Waals surface area contributed by atoms with Gasteiger partial charge in [0.15, 0.2) is 0 Å². The molecule has 29 heavy (non-hydrogen) atoms. The van der Waals surface area contributed by atoms with Crippen LogP contribution in [0.25, 0.3) is 0 Å². The second kappa shape index (κ2) is 10.5. The van der Waals surface area contributed by atoms with Crippen molar-refractivity contribution in [2.75, 3.05) is 0 Å². The molecule has 0 aliphatic heterocycles. The Labute approximate surface area is 171 Å². The Morgan fingerprint density at radius 3 is 2.24 bits per heavy atom. The molecule has 0 spiro atoms. The van der Waals surface area contributed by atoms with Crippen LogP contribution in [0.4, 0.5) is 4.79 Å². The zero-order chi connectivity index (χ0) is 21.3. The van der Waals surface area contributed by atoms with Crippen molar-refractivity contribution in [3.8, 4) is 5.75 Å². The predicted octanol–water partition coefficient (Wildman–Crippen LogP) is 4.57. The van der Waals surface area contributed by atoms with Gasteiger partial charge in [0.05, 0.1) is 0 Å². The van der Waals surface area contributed by atoms with Gasteiger partial charge < -0.3 is 19.9 Å². The fourth-order valence-corrected chi connectivity index (χ4v) is 2.74. The highest BCUT2D eigenvalue weighted by atomic mass is 16.6. The molecule has 2 rings (SSSR count). The molecule has 6 heteroatoms. The van der Waals surface area contributed by atoms with Gasteiger partial charge in [-0.3, -0.25) is 4.79 Å². The lowest BCUT2D eigenvalue weighted by atomic mass is 10.0. The predicted molar refractivity (Wildman–Crippen MR) is 111 cm³/mol. The van der Waals surface area contributed by atoms with Crippen LogP contribution in [0.1, 0.15) is 44.7 Å². The van der Waals surface area contributed by atoms with E-state index in [4.69, 9.17) is 14.6 Å². The van der Waals surface area contributed by atoms with E-state index < -0.39 is 17.7 Å². The van der Waals surface area contributed by atoms with Crippen molar-refractivity contribution in [3.05, 3.63) is 65.7 Å². The summed E-state index contributed by atoms with van der Waals surface area (Å²) < 4.78 is 11.1. The van der Waals surface area contributed by atoms with Crippen LogP contribution < -0.4 is 10.1 Å². The van der Waals surface area contributed by atoms with E-state index in [0.29, 0.717) is 19.4 Å². The van der Waals surface area contributed by atoms with E-state index in [2.05, 4.69) is 5.32 Å². The van der Waals surface area contributed by atoms with Gasteiger partial charge in [0.25, 0.3) is 0 Å². The van der Waals surface area contributed by atoms with Crippen LogP contribution >= 0.6 is 0 Å². The molecule has 0 heterocycles. The number of aliphatic carboxylic acids is 1. The number of benzene rings is 2. The molecule has 0 fully saturated rings. The van der Waals surface area contributed by atoms with Gasteiger partial charge in [-0.15, -0.1) is 0 Å². The summed E-state index contributed by atoms with van der Waals surface area (Å²) in [6.45, 7) is 5.84. The van der Waals surface area contributed by atoms with E-state index in [1.807, 2.05) is 54.6 Å². The molecule has 0 aliphatic rings. The lowest BCUT2D eigenvalue weighted by Crippen LogP contribution is -2.40. The third kappa shape index (κ3) is 9.14. The van der Waals surface area contributed by atoms with Crippen LogP contribution in [-0.4, -0.2) is 28.8 Å². The monoisotopic (exact) mass is 399 g/mol. The number of carbonyl (C=O) groups is 2. The minimum atomic E-state index is -0.898. The number of amides is 1. The summed E-state index contributed by atoms with van der Waals surface area (Å²) in [4.78, 5) is 23.0.